The fraction of sp³-hybridized carbons (Fsp3) is 0.850. The Kier molecular flexibility index (Phi) is 12.3. The van der Waals surface area contributed by atoms with Gasteiger partial charge >= 0.3 is 12.0 Å². The lowest BCUT2D eigenvalue weighted by Gasteiger charge is -2.31. The number of rotatable bonds is 12. The smallest absolute Gasteiger partial charge is 0.317 e. The van der Waals surface area contributed by atoms with E-state index in [-0.39, 0.29) is 23.8 Å². The zero-order valence-corrected chi connectivity index (χ0v) is 17.8. The summed E-state index contributed by atoms with van der Waals surface area (Å²) in [6.07, 6.45) is 4.19. The molecule has 0 aromatic heterocycles. The Morgan fingerprint density at radius 2 is 1.64 bits per heavy atom. The van der Waals surface area contributed by atoms with E-state index in [0.717, 1.165) is 32.5 Å². The van der Waals surface area contributed by atoms with Crippen LogP contribution < -0.4 is 10.6 Å². The highest BCUT2D eigenvalue weighted by Crippen LogP contribution is 2.17. The van der Waals surface area contributed by atoms with Crippen LogP contribution in [-0.2, 0) is 14.3 Å². The Hall–Kier alpha value is -1.83. The van der Waals surface area contributed by atoms with Crippen LogP contribution in [0.3, 0.4) is 0 Å². The van der Waals surface area contributed by atoms with Gasteiger partial charge in [-0.1, -0.05) is 13.8 Å². The van der Waals surface area contributed by atoms with Crippen molar-refractivity contribution in [3.63, 3.8) is 0 Å². The Bertz CT molecular complexity index is 475. The molecule has 0 aromatic rings. The summed E-state index contributed by atoms with van der Waals surface area (Å²) >= 11 is 0. The number of hydrogen-bond donors (Lipinski definition) is 2. The molecule has 1 rings (SSSR count). The lowest BCUT2D eigenvalue weighted by atomic mass is 9.96. The van der Waals surface area contributed by atoms with E-state index in [1.165, 1.54) is 7.11 Å². The molecule has 1 fully saturated rings. The van der Waals surface area contributed by atoms with Crippen molar-refractivity contribution < 1.29 is 19.1 Å². The fourth-order valence-electron chi connectivity index (χ4n) is 3.35. The summed E-state index contributed by atoms with van der Waals surface area (Å²) in [5.74, 6) is -0.111. The van der Waals surface area contributed by atoms with Crippen molar-refractivity contribution in [1.29, 1.82) is 0 Å². The van der Waals surface area contributed by atoms with E-state index < -0.39 is 0 Å². The number of piperidine rings is 1. The van der Waals surface area contributed by atoms with Gasteiger partial charge in [0.25, 0.3) is 0 Å². The van der Waals surface area contributed by atoms with E-state index in [0.29, 0.717) is 51.9 Å². The van der Waals surface area contributed by atoms with Gasteiger partial charge in [0, 0.05) is 38.5 Å². The van der Waals surface area contributed by atoms with E-state index in [1.807, 2.05) is 0 Å². The van der Waals surface area contributed by atoms with Gasteiger partial charge in [-0.25, -0.2) is 4.79 Å². The molecule has 1 heterocycles. The minimum Gasteiger partial charge on any atom is -0.469 e. The summed E-state index contributed by atoms with van der Waals surface area (Å²) in [5, 5.41) is 5.92. The van der Waals surface area contributed by atoms with Gasteiger partial charge in [0.1, 0.15) is 0 Å². The number of likely N-dealkylation sites (tertiary alicyclic amines) is 1. The van der Waals surface area contributed by atoms with Crippen molar-refractivity contribution in [2.45, 2.75) is 52.4 Å². The second-order valence-electron chi connectivity index (χ2n) is 7.20. The van der Waals surface area contributed by atoms with Crippen LogP contribution in [0.15, 0.2) is 0 Å². The molecule has 3 amide bonds. The number of hydrogen-bond acceptors (Lipinski definition) is 5. The van der Waals surface area contributed by atoms with Gasteiger partial charge in [-0.3, -0.25) is 9.59 Å². The predicted molar refractivity (Wildman–Crippen MR) is 109 cm³/mol. The number of ether oxygens (including phenoxy) is 1. The number of methoxy groups -OCH3 is 1. The van der Waals surface area contributed by atoms with Gasteiger partial charge in [-0.05, 0) is 51.7 Å². The van der Waals surface area contributed by atoms with Gasteiger partial charge in [-0.2, -0.15) is 0 Å². The van der Waals surface area contributed by atoms with Crippen LogP contribution in [0, 0.1) is 5.92 Å². The molecule has 162 valence electrons. The quantitative estimate of drug-likeness (QED) is 0.385. The Morgan fingerprint density at radius 1 is 1.00 bits per heavy atom. The summed E-state index contributed by atoms with van der Waals surface area (Å²) in [6, 6.07) is -0.0869. The summed E-state index contributed by atoms with van der Waals surface area (Å²) in [7, 11) is 1.38. The fourth-order valence-corrected chi connectivity index (χ4v) is 3.35. The molecule has 8 nitrogen and oxygen atoms in total. The van der Waals surface area contributed by atoms with Gasteiger partial charge in [0.15, 0.2) is 0 Å². The number of amides is 3. The van der Waals surface area contributed by atoms with Crippen molar-refractivity contribution >= 4 is 17.9 Å². The van der Waals surface area contributed by atoms with Crippen LogP contribution in [0.4, 0.5) is 4.79 Å². The van der Waals surface area contributed by atoms with Crippen LogP contribution in [0.25, 0.3) is 0 Å². The van der Waals surface area contributed by atoms with Crippen LogP contribution in [0.2, 0.25) is 0 Å². The molecule has 1 aliphatic rings. The maximum atomic E-state index is 12.3. The molecule has 2 N–H and O–H groups in total. The minimum absolute atomic E-state index is 0.00226. The summed E-state index contributed by atoms with van der Waals surface area (Å²) in [4.78, 5) is 39.6. The number of carbonyl (C=O) groups excluding carboxylic acids is 3. The zero-order valence-electron chi connectivity index (χ0n) is 17.8. The van der Waals surface area contributed by atoms with E-state index in [2.05, 4.69) is 34.1 Å². The van der Waals surface area contributed by atoms with Gasteiger partial charge in [-0.15, -0.1) is 0 Å². The number of urea groups is 1. The van der Waals surface area contributed by atoms with Crippen LogP contribution in [0.1, 0.15) is 52.4 Å². The monoisotopic (exact) mass is 398 g/mol. The molecule has 0 unspecified atom stereocenters. The number of carbonyl (C=O) groups is 3. The first-order chi connectivity index (χ1) is 13.5. The van der Waals surface area contributed by atoms with Gasteiger partial charge < -0.3 is 25.2 Å². The molecule has 0 atom stereocenters. The molecule has 0 aromatic carbocycles. The normalized spacial score (nSPS) is 14.8. The molecule has 1 aliphatic heterocycles. The summed E-state index contributed by atoms with van der Waals surface area (Å²) in [6.45, 7) is 9.84. The highest BCUT2D eigenvalue weighted by atomic mass is 16.5. The van der Waals surface area contributed by atoms with Crippen molar-refractivity contribution in [1.82, 2.24) is 20.4 Å². The van der Waals surface area contributed by atoms with Gasteiger partial charge in [0.05, 0.1) is 7.11 Å². The van der Waals surface area contributed by atoms with Crippen LogP contribution in [-0.4, -0.2) is 80.6 Å². The molecular formula is C20H38N4O4. The number of unbranched alkanes of at least 4 members (excludes halogenated alkanes) is 1. The molecule has 0 radical (unpaired) electrons. The second kappa shape index (κ2) is 14.2. The molecule has 28 heavy (non-hydrogen) atoms. The topological polar surface area (TPSA) is 91.0 Å². The average Bonchev–Trinajstić information content (AvgIpc) is 2.73. The van der Waals surface area contributed by atoms with Crippen molar-refractivity contribution in [2.24, 2.45) is 5.92 Å². The maximum Gasteiger partial charge on any atom is 0.317 e. The number of nitrogens with one attached hydrogen (secondary N) is 2. The van der Waals surface area contributed by atoms with Crippen molar-refractivity contribution in [3.05, 3.63) is 0 Å². The standard InChI is InChI=1S/C20H38N4O4/c1-4-23(5-2)14-8-13-21-19(26)17-10-15-24(16-11-17)20(27)22-12-7-6-9-18(25)28-3/h17H,4-16H2,1-3H3,(H,21,26)(H,22,27). The van der Waals surface area contributed by atoms with E-state index in [1.54, 1.807) is 4.90 Å². The molecule has 0 spiro atoms. The van der Waals surface area contributed by atoms with E-state index in [4.69, 9.17) is 0 Å². The lowest BCUT2D eigenvalue weighted by molar-refractivity contribution is -0.140. The zero-order chi connectivity index (χ0) is 20.8. The molecule has 0 bridgehead atoms. The average molecular weight is 399 g/mol. The first-order valence-corrected chi connectivity index (χ1v) is 10.6. The maximum absolute atomic E-state index is 12.3. The van der Waals surface area contributed by atoms with Crippen molar-refractivity contribution in [3.8, 4) is 0 Å². The largest absolute Gasteiger partial charge is 0.469 e. The SMILES string of the molecule is CCN(CC)CCCNC(=O)C1CCN(C(=O)NCCCCC(=O)OC)CC1. The highest BCUT2D eigenvalue weighted by molar-refractivity contribution is 5.79. The Labute approximate surface area is 169 Å². The van der Waals surface area contributed by atoms with Crippen LogP contribution >= 0.6 is 0 Å². The predicted octanol–water partition coefficient (Wildman–Crippen LogP) is 1.60. The number of nitrogens with zero attached hydrogens (tertiary/aromatic N) is 2. The first-order valence-electron chi connectivity index (χ1n) is 10.6. The third-order valence-corrected chi connectivity index (χ3v) is 5.31. The third-order valence-electron chi connectivity index (χ3n) is 5.31. The third kappa shape index (κ3) is 9.39. The second-order valence-corrected chi connectivity index (χ2v) is 7.20. The number of esters is 1. The molecular weight excluding hydrogens is 360 g/mol. The van der Waals surface area contributed by atoms with Crippen LogP contribution in [0.5, 0.6) is 0 Å². The summed E-state index contributed by atoms with van der Waals surface area (Å²) < 4.78 is 4.58. The molecule has 0 aliphatic carbocycles. The minimum atomic E-state index is -0.222. The Balaban J connectivity index is 2.13. The summed E-state index contributed by atoms with van der Waals surface area (Å²) in [5.41, 5.74) is 0. The highest BCUT2D eigenvalue weighted by Gasteiger charge is 2.26. The van der Waals surface area contributed by atoms with Gasteiger partial charge in [0.2, 0.25) is 5.91 Å². The first kappa shape index (κ1) is 24.2. The van der Waals surface area contributed by atoms with Crippen molar-refractivity contribution in [2.75, 3.05) is 52.9 Å². The molecule has 0 saturated carbocycles. The van der Waals surface area contributed by atoms with E-state index in [9.17, 15) is 14.4 Å². The van der Waals surface area contributed by atoms with E-state index >= 15 is 0 Å². The molecule has 1 saturated heterocycles. The lowest BCUT2D eigenvalue weighted by Crippen LogP contribution is -2.47. The molecule has 8 heteroatoms. The Morgan fingerprint density at radius 3 is 2.25 bits per heavy atom.